The number of hydrogen-bond donors (Lipinski definition) is 2. The fourth-order valence-electron chi connectivity index (χ4n) is 4.43. The molecular formula is C25H23N3O3. The fourth-order valence-corrected chi connectivity index (χ4v) is 4.43. The monoisotopic (exact) mass is 413 g/mol. The van der Waals surface area contributed by atoms with Gasteiger partial charge in [0.05, 0.1) is 12.7 Å². The maximum Gasteiger partial charge on any atom is 0.271 e. The van der Waals surface area contributed by atoms with Crippen LogP contribution in [-0.4, -0.2) is 36.0 Å². The lowest BCUT2D eigenvalue weighted by atomic mass is 9.87. The van der Waals surface area contributed by atoms with Crippen LogP contribution in [0.15, 0.2) is 72.8 Å². The first-order valence-electron chi connectivity index (χ1n) is 10.3. The third-order valence-corrected chi connectivity index (χ3v) is 6.05. The second-order valence-electron chi connectivity index (χ2n) is 7.88. The number of anilines is 2. The second kappa shape index (κ2) is 7.47. The van der Waals surface area contributed by atoms with Crippen molar-refractivity contribution in [2.75, 3.05) is 24.3 Å². The van der Waals surface area contributed by atoms with Gasteiger partial charge in [0.1, 0.15) is 5.75 Å². The molecule has 2 amide bonds. The van der Waals surface area contributed by atoms with Gasteiger partial charge < -0.3 is 20.3 Å². The third-order valence-electron chi connectivity index (χ3n) is 6.05. The Morgan fingerprint density at radius 2 is 1.74 bits per heavy atom. The van der Waals surface area contributed by atoms with Gasteiger partial charge in [-0.1, -0.05) is 42.5 Å². The fraction of sp³-hybridized carbons (Fsp3) is 0.200. The highest BCUT2D eigenvalue weighted by atomic mass is 16.5. The van der Waals surface area contributed by atoms with E-state index in [2.05, 4.69) is 10.6 Å². The van der Waals surface area contributed by atoms with Gasteiger partial charge in [-0.2, -0.15) is 0 Å². The summed E-state index contributed by atoms with van der Waals surface area (Å²) < 4.78 is 5.38. The van der Waals surface area contributed by atoms with Crippen molar-refractivity contribution in [2.45, 2.75) is 18.5 Å². The lowest BCUT2D eigenvalue weighted by Crippen LogP contribution is -2.68. The summed E-state index contributed by atoms with van der Waals surface area (Å²) in [7, 11) is 1.61. The third kappa shape index (κ3) is 3.20. The minimum Gasteiger partial charge on any atom is -0.497 e. The molecular weight excluding hydrogens is 390 g/mol. The zero-order valence-corrected chi connectivity index (χ0v) is 17.2. The highest BCUT2D eigenvalue weighted by Gasteiger charge is 2.52. The van der Waals surface area contributed by atoms with Gasteiger partial charge in [-0.15, -0.1) is 0 Å². The molecule has 1 atom stereocenters. The summed E-state index contributed by atoms with van der Waals surface area (Å²) in [4.78, 5) is 28.7. The number of amides is 2. The summed E-state index contributed by atoms with van der Waals surface area (Å²) in [6.07, 6.45) is 0.997. The topological polar surface area (TPSA) is 70.7 Å². The van der Waals surface area contributed by atoms with E-state index in [0.29, 0.717) is 36.4 Å². The molecule has 1 spiro atoms. The van der Waals surface area contributed by atoms with Crippen molar-refractivity contribution in [1.29, 1.82) is 0 Å². The average Bonchev–Trinajstić information content (AvgIpc) is 2.80. The molecule has 0 saturated carbocycles. The normalized spacial score (nSPS) is 19.3. The SMILES string of the molecule is COc1ccc2c(c1)CC1(Nc3ccccc3C(=O)N1CCc1ccccc1)C(=O)N2. The molecule has 0 aromatic heterocycles. The molecule has 2 aliphatic rings. The first kappa shape index (κ1) is 19.2. The van der Waals surface area contributed by atoms with Crippen LogP contribution in [0, 0.1) is 0 Å². The van der Waals surface area contributed by atoms with E-state index in [1.165, 1.54) is 0 Å². The molecule has 31 heavy (non-hydrogen) atoms. The quantitative estimate of drug-likeness (QED) is 0.684. The molecule has 6 heteroatoms. The van der Waals surface area contributed by atoms with Crippen molar-refractivity contribution >= 4 is 23.2 Å². The standard InChI is InChI=1S/C25H23N3O3/c1-31-19-11-12-21-18(15-19)16-25(24(30)26-21)27-22-10-6-5-9-20(22)23(29)28(25)14-13-17-7-3-2-4-8-17/h2-12,15,27H,13-14,16H2,1H3,(H,26,30). The van der Waals surface area contributed by atoms with Gasteiger partial charge in [0.2, 0.25) is 0 Å². The number of benzene rings is 3. The predicted molar refractivity (Wildman–Crippen MR) is 119 cm³/mol. The van der Waals surface area contributed by atoms with E-state index in [9.17, 15) is 9.59 Å². The van der Waals surface area contributed by atoms with Crippen LogP contribution in [0.5, 0.6) is 5.75 Å². The molecule has 0 aliphatic carbocycles. The van der Waals surface area contributed by atoms with E-state index in [-0.39, 0.29) is 11.8 Å². The molecule has 3 aromatic rings. The summed E-state index contributed by atoms with van der Waals surface area (Å²) >= 11 is 0. The van der Waals surface area contributed by atoms with E-state index in [4.69, 9.17) is 4.74 Å². The lowest BCUT2D eigenvalue weighted by Gasteiger charge is -2.49. The van der Waals surface area contributed by atoms with Gasteiger partial charge in [0, 0.05) is 24.3 Å². The van der Waals surface area contributed by atoms with Crippen molar-refractivity contribution < 1.29 is 14.3 Å². The minimum absolute atomic E-state index is 0.147. The summed E-state index contributed by atoms with van der Waals surface area (Å²) in [6.45, 7) is 0.414. The van der Waals surface area contributed by atoms with Crippen LogP contribution >= 0.6 is 0 Å². The molecule has 5 rings (SSSR count). The summed E-state index contributed by atoms with van der Waals surface area (Å²) in [5, 5.41) is 6.41. The molecule has 3 aromatic carbocycles. The number of nitrogens with zero attached hydrogens (tertiary/aromatic N) is 1. The Morgan fingerprint density at radius 3 is 2.55 bits per heavy atom. The van der Waals surface area contributed by atoms with Crippen LogP contribution in [0.4, 0.5) is 11.4 Å². The first-order valence-corrected chi connectivity index (χ1v) is 10.3. The Labute approximate surface area is 180 Å². The molecule has 1 unspecified atom stereocenters. The molecule has 0 fully saturated rings. The van der Waals surface area contributed by atoms with Crippen LogP contribution in [0.2, 0.25) is 0 Å². The van der Waals surface area contributed by atoms with Gasteiger partial charge in [0.25, 0.3) is 11.8 Å². The van der Waals surface area contributed by atoms with Gasteiger partial charge in [-0.3, -0.25) is 9.59 Å². The van der Waals surface area contributed by atoms with Crippen molar-refractivity contribution in [3.8, 4) is 5.75 Å². The molecule has 156 valence electrons. The Morgan fingerprint density at radius 1 is 0.968 bits per heavy atom. The molecule has 2 heterocycles. The Balaban J connectivity index is 1.57. The summed E-state index contributed by atoms with van der Waals surface area (Å²) in [5.41, 5.74) is 2.81. The zero-order chi connectivity index (χ0) is 21.4. The molecule has 2 aliphatic heterocycles. The van der Waals surface area contributed by atoms with E-state index < -0.39 is 5.66 Å². The van der Waals surface area contributed by atoms with E-state index >= 15 is 0 Å². The zero-order valence-electron chi connectivity index (χ0n) is 17.2. The van der Waals surface area contributed by atoms with Crippen LogP contribution in [0.25, 0.3) is 0 Å². The summed E-state index contributed by atoms with van der Waals surface area (Å²) in [5.74, 6) is 0.330. The summed E-state index contributed by atoms with van der Waals surface area (Å²) in [6, 6.07) is 22.9. The average molecular weight is 413 g/mol. The second-order valence-corrected chi connectivity index (χ2v) is 7.88. The predicted octanol–water partition coefficient (Wildman–Crippen LogP) is 3.70. The Hall–Kier alpha value is -3.80. The Bertz CT molecular complexity index is 1160. The number of rotatable bonds is 4. The number of ether oxygens (including phenoxy) is 1. The van der Waals surface area contributed by atoms with Gasteiger partial charge in [-0.25, -0.2) is 0 Å². The van der Waals surface area contributed by atoms with Crippen LogP contribution in [0.1, 0.15) is 21.5 Å². The van der Waals surface area contributed by atoms with Gasteiger partial charge in [-0.05, 0) is 47.9 Å². The van der Waals surface area contributed by atoms with Crippen molar-refractivity contribution in [1.82, 2.24) is 4.90 Å². The minimum atomic E-state index is -1.21. The van der Waals surface area contributed by atoms with E-state index in [1.807, 2.05) is 66.7 Å². The number of methoxy groups -OCH3 is 1. The van der Waals surface area contributed by atoms with Crippen molar-refractivity contribution in [3.05, 3.63) is 89.5 Å². The highest BCUT2D eigenvalue weighted by Crippen LogP contribution is 2.39. The Kier molecular flexibility index (Phi) is 4.62. The molecule has 0 bridgehead atoms. The van der Waals surface area contributed by atoms with Gasteiger partial charge >= 0.3 is 0 Å². The van der Waals surface area contributed by atoms with Crippen LogP contribution in [-0.2, 0) is 17.6 Å². The largest absolute Gasteiger partial charge is 0.497 e. The molecule has 0 saturated heterocycles. The van der Waals surface area contributed by atoms with Crippen molar-refractivity contribution in [2.24, 2.45) is 0 Å². The van der Waals surface area contributed by atoms with Crippen LogP contribution < -0.4 is 15.4 Å². The maximum atomic E-state index is 13.6. The van der Waals surface area contributed by atoms with Crippen LogP contribution in [0.3, 0.4) is 0 Å². The van der Waals surface area contributed by atoms with Crippen molar-refractivity contribution in [3.63, 3.8) is 0 Å². The van der Waals surface area contributed by atoms with E-state index in [1.54, 1.807) is 18.1 Å². The first-order chi connectivity index (χ1) is 15.1. The molecule has 2 N–H and O–H groups in total. The maximum absolute atomic E-state index is 13.6. The smallest absolute Gasteiger partial charge is 0.271 e. The highest BCUT2D eigenvalue weighted by molar-refractivity contribution is 6.11. The number of fused-ring (bicyclic) bond motifs is 2. The molecule has 0 radical (unpaired) electrons. The number of carbonyl (C=O) groups excluding carboxylic acids is 2. The number of carbonyl (C=O) groups is 2. The lowest BCUT2D eigenvalue weighted by molar-refractivity contribution is -0.126. The van der Waals surface area contributed by atoms with Gasteiger partial charge in [0.15, 0.2) is 5.66 Å². The number of nitrogens with one attached hydrogen (secondary N) is 2. The number of para-hydroxylation sites is 1. The van der Waals surface area contributed by atoms with E-state index in [0.717, 1.165) is 16.8 Å². The number of hydrogen-bond acceptors (Lipinski definition) is 4. The molecule has 6 nitrogen and oxygen atoms in total.